The molecule has 156 valence electrons. The Labute approximate surface area is 167 Å². The number of benzene rings is 1. The van der Waals surface area contributed by atoms with Crippen molar-refractivity contribution in [1.29, 1.82) is 0 Å². The molecule has 0 radical (unpaired) electrons. The van der Waals surface area contributed by atoms with Crippen molar-refractivity contribution < 1.29 is 41.0 Å². The monoisotopic (exact) mass is 450 g/mol. The van der Waals surface area contributed by atoms with Crippen LogP contribution in [0.15, 0.2) is 34.7 Å². The van der Waals surface area contributed by atoms with E-state index >= 15 is 0 Å². The Bertz CT molecular complexity index is 1040. The summed E-state index contributed by atoms with van der Waals surface area (Å²) in [7, 11) is -3.02. The molecule has 0 aliphatic rings. The molecule has 0 fully saturated rings. The van der Waals surface area contributed by atoms with Gasteiger partial charge in [-0.05, 0) is 35.9 Å². The summed E-state index contributed by atoms with van der Waals surface area (Å²) in [5, 5.41) is 11.5. The quantitative estimate of drug-likeness (QED) is 0.698. The zero-order chi connectivity index (χ0) is 21.8. The van der Waals surface area contributed by atoms with E-state index in [2.05, 4.69) is 14.4 Å². The van der Waals surface area contributed by atoms with Crippen molar-refractivity contribution >= 4 is 38.7 Å². The van der Waals surface area contributed by atoms with Crippen LogP contribution in [0.1, 0.15) is 17.3 Å². The molecule has 0 spiro atoms. The van der Waals surface area contributed by atoms with E-state index in [1.165, 1.54) is 25.1 Å². The Morgan fingerprint density at radius 1 is 1.28 bits per heavy atom. The lowest BCUT2D eigenvalue weighted by Crippen LogP contribution is -2.23. The third-order valence-corrected chi connectivity index (χ3v) is 4.86. The molecule has 1 heterocycles. The van der Waals surface area contributed by atoms with Crippen molar-refractivity contribution in [2.75, 3.05) is 11.9 Å². The number of amides is 2. The molecule has 0 aliphatic carbocycles. The molecule has 1 unspecified atom stereocenters. The Morgan fingerprint density at radius 2 is 1.90 bits per heavy atom. The number of halogens is 3. The van der Waals surface area contributed by atoms with Gasteiger partial charge in [0, 0.05) is 4.88 Å². The van der Waals surface area contributed by atoms with Gasteiger partial charge in [-0.2, -0.15) is 8.42 Å². The Balaban J connectivity index is 2.41. The summed E-state index contributed by atoms with van der Waals surface area (Å²) in [6, 6.07) is 5.97. The number of alkyl halides is 3. The van der Waals surface area contributed by atoms with E-state index in [0.717, 1.165) is 23.5 Å². The van der Waals surface area contributed by atoms with Gasteiger partial charge in [0.1, 0.15) is 10.8 Å². The Morgan fingerprint density at radius 3 is 2.41 bits per heavy atom. The van der Waals surface area contributed by atoms with Gasteiger partial charge in [-0.15, -0.1) is 24.5 Å². The molecule has 0 saturated heterocycles. The van der Waals surface area contributed by atoms with Gasteiger partial charge < -0.3 is 15.2 Å². The fourth-order valence-electron chi connectivity index (χ4n) is 2.04. The maximum Gasteiger partial charge on any atom is 0.573 e. The van der Waals surface area contributed by atoms with Crippen molar-refractivity contribution in [1.82, 2.24) is 0 Å². The molecule has 2 aromatic rings. The first-order chi connectivity index (χ1) is 13.5. The number of hydrogen-bond donors (Lipinski definition) is 2. The SMILES string of the molecule is CC(CO)C(=O)Nc1sc(-c2ccc(OC(F)(F)F)cc2)cc1C(=O)N=S(=O)=O. The molecule has 1 atom stereocenters. The highest BCUT2D eigenvalue weighted by molar-refractivity contribution is 7.62. The molecule has 0 bridgehead atoms. The van der Waals surface area contributed by atoms with Crippen LogP contribution < -0.4 is 10.1 Å². The minimum atomic E-state index is -4.85. The smallest absolute Gasteiger partial charge is 0.406 e. The van der Waals surface area contributed by atoms with Crippen molar-refractivity contribution in [3.8, 4) is 16.2 Å². The van der Waals surface area contributed by atoms with Crippen LogP contribution in [0.5, 0.6) is 5.75 Å². The predicted molar refractivity (Wildman–Crippen MR) is 97.0 cm³/mol. The normalized spacial score (nSPS) is 12.2. The fraction of sp³-hybridized carbons (Fsp3) is 0.250. The molecule has 1 aromatic carbocycles. The van der Waals surface area contributed by atoms with E-state index in [-0.39, 0.29) is 10.6 Å². The van der Waals surface area contributed by atoms with Crippen LogP contribution in [-0.4, -0.2) is 38.3 Å². The van der Waals surface area contributed by atoms with Crippen LogP contribution in [0.25, 0.3) is 10.4 Å². The molecule has 29 heavy (non-hydrogen) atoms. The third-order valence-electron chi connectivity index (χ3n) is 3.45. The lowest BCUT2D eigenvalue weighted by molar-refractivity contribution is -0.274. The number of carbonyl (C=O) groups is 2. The number of nitrogens with one attached hydrogen (secondary N) is 1. The standard InChI is InChI=1S/C16H13F3N2O6S2/c1-8(7-22)13(23)20-15-11(14(24)21-29(25)26)6-12(28-15)9-2-4-10(5-3-9)27-16(17,18)19/h2-6,8,22H,7H2,1H3,(H,20,23). The molecule has 0 saturated carbocycles. The lowest BCUT2D eigenvalue weighted by Gasteiger charge is -2.09. The van der Waals surface area contributed by atoms with Gasteiger partial charge in [0.15, 0.2) is 0 Å². The van der Waals surface area contributed by atoms with E-state index in [0.29, 0.717) is 10.4 Å². The number of anilines is 1. The maximum absolute atomic E-state index is 12.3. The first-order valence-corrected chi connectivity index (χ1v) is 9.62. The Kier molecular flexibility index (Phi) is 7.11. The highest BCUT2D eigenvalue weighted by atomic mass is 32.2. The fourth-order valence-corrected chi connectivity index (χ4v) is 3.33. The zero-order valence-corrected chi connectivity index (χ0v) is 16.2. The first-order valence-electron chi connectivity index (χ1n) is 7.77. The molecular weight excluding hydrogens is 437 g/mol. The number of aliphatic hydroxyl groups excluding tert-OH is 1. The van der Waals surface area contributed by atoms with Crippen LogP contribution in [0.2, 0.25) is 0 Å². The van der Waals surface area contributed by atoms with Gasteiger partial charge >= 0.3 is 16.9 Å². The van der Waals surface area contributed by atoms with Gasteiger partial charge in [0.2, 0.25) is 5.91 Å². The summed E-state index contributed by atoms with van der Waals surface area (Å²) >= 11 is 0.885. The summed E-state index contributed by atoms with van der Waals surface area (Å²) in [6.07, 6.45) is -4.85. The lowest BCUT2D eigenvalue weighted by atomic mass is 10.1. The molecule has 2 amide bonds. The van der Waals surface area contributed by atoms with Crippen molar-refractivity contribution in [3.63, 3.8) is 0 Å². The second kappa shape index (κ2) is 9.15. The van der Waals surface area contributed by atoms with E-state index in [9.17, 15) is 31.2 Å². The van der Waals surface area contributed by atoms with E-state index < -0.39 is 47.0 Å². The van der Waals surface area contributed by atoms with E-state index in [1.807, 2.05) is 0 Å². The molecule has 0 aliphatic heterocycles. The average molecular weight is 450 g/mol. The largest absolute Gasteiger partial charge is 0.573 e. The number of ether oxygens (including phenoxy) is 1. The number of aliphatic hydroxyl groups is 1. The van der Waals surface area contributed by atoms with Gasteiger partial charge in [-0.3, -0.25) is 9.59 Å². The van der Waals surface area contributed by atoms with Crippen LogP contribution >= 0.6 is 11.3 Å². The van der Waals surface area contributed by atoms with Crippen molar-refractivity contribution in [2.45, 2.75) is 13.3 Å². The van der Waals surface area contributed by atoms with Crippen LogP contribution in [0, 0.1) is 5.92 Å². The van der Waals surface area contributed by atoms with E-state index in [1.54, 1.807) is 0 Å². The highest BCUT2D eigenvalue weighted by Gasteiger charge is 2.31. The van der Waals surface area contributed by atoms with Gasteiger partial charge in [-0.25, -0.2) is 0 Å². The molecule has 2 N–H and O–H groups in total. The number of thiophene rings is 1. The predicted octanol–water partition coefficient (Wildman–Crippen LogP) is 3.08. The van der Waals surface area contributed by atoms with Gasteiger partial charge in [0.05, 0.1) is 18.1 Å². The van der Waals surface area contributed by atoms with Crippen LogP contribution in [0.4, 0.5) is 18.2 Å². The molecule has 8 nitrogen and oxygen atoms in total. The van der Waals surface area contributed by atoms with Gasteiger partial charge in [0.25, 0.3) is 5.91 Å². The second-order valence-electron chi connectivity index (χ2n) is 5.61. The first kappa shape index (κ1) is 22.5. The Hall–Kier alpha value is -2.77. The third kappa shape index (κ3) is 6.37. The maximum atomic E-state index is 12.3. The molecule has 13 heteroatoms. The number of rotatable bonds is 6. The summed E-state index contributed by atoms with van der Waals surface area (Å²) in [6.45, 7) is 0.977. The highest BCUT2D eigenvalue weighted by Crippen LogP contribution is 2.37. The van der Waals surface area contributed by atoms with Gasteiger partial charge in [-0.1, -0.05) is 11.3 Å². The summed E-state index contributed by atoms with van der Waals surface area (Å²) in [4.78, 5) is 24.4. The number of nitrogens with zero attached hydrogens (tertiary/aromatic N) is 1. The minimum absolute atomic E-state index is 0.0138. The van der Waals surface area contributed by atoms with Crippen molar-refractivity contribution in [2.24, 2.45) is 10.3 Å². The zero-order valence-electron chi connectivity index (χ0n) is 14.6. The molecular formula is C16H13F3N2O6S2. The van der Waals surface area contributed by atoms with Crippen molar-refractivity contribution in [3.05, 3.63) is 35.9 Å². The molecule has 2 rings (SSSR count). The topological polar surface area (TPSA) is 122 Å². The number of carbonyl (C=O) groups excluding carboxylic acids is 2. The summed E-state index contributed by atoms with van der Waals surface area (Å²) in [5.74, 6) is -3.00. The average Bonchev–Trinajstić information content (AvgIpc) is 3.03. The summed E-state index contributed by atoms with van der Waals surface area (Å²) in [5.41, 5.74) is 0.167. The second-order valence-corrected chi connectivity index (χ2v) is 7.28. The summed E-state index contributed by atoms with van der Waals surface area (Å²) < 4.78 is 64.8. The molecule has 1 aromatic heterocycles. The minimum Gasteiger partial charge on any atom is -0.406 e. The number of hydrogen-bond acceptors (Lipinski definition) is 7. The van der Waals surface area contributed by atoms with Crippen LogP contribution in [-0.2, 0) is 15.3 Å². The van der Waals surface area contributed by atoms with Crippen LogP contribution in [0.3, 0.4) is 0 Å². The van der Waals surface area contributed by atoms with E-state index in [4.69, 9.17) is 5.11 Å².